The molecule has 2 N–H and O–H groups in total. The van der Waals surface area contributed by atoms with Gasteiger partial charge in [0.05, 0.1) is 6.42 Å². The van der Waals surface area contributed by atoms with Crippen LogP contribution in [0.25, 0.3) is 0 Å². The van der Waals surface area contributed by atoms with Gasteiger partial charge in [0, 0.05) is 25.1 Å². The second-order valence-electron chi connectivity index (χ2n) is 8.34. The first-order valence-electron chi connectivity index (χ1n) is 10.1. The van der Waals surface area contributed by atoms with Gasteiger partial charge in [-0.15, -0.1) is 0 Å². The first kappa shape index (κ1) is 21.9. The Morgan fingerprint density at radius 1 is 1.21 bits per heavy atom. The number of hydrogen-bond acceptors (Lipinski definition) is 5. The summed E-state index contributed by atoms with van der Waals surface area (Å²) in [6.45, 7) is 6.95. The van der Waals surface area contributed by atoms with Crippen molar-refractivity contribution in [2.45, 2.75) is 72.1 Å². The number of aryl methyl sites for hydroxylation is 1. The fraction of sp³-hybridized carbons (Fsp3) is 0.591. The summed E-state index contributed by atoms with van der Waals surface area (Å²) in [6, 6.07) is 0. The minimum Gasteiger partial charge on any atom is -0.481 e. The van der Waals surface area contributed by atoms with Crippen molar-refractivity contribution in [1.82, 2.24) is 15.5 Å². The molecule has 0 amide bonds. The topological polar surface area (TPSA) is 88.2 Å². The van der Waals surface area contributed by atoms with E-state index >= 15 is 0 Å². The SMILES string of the molecule is C\C1=C/C=C\C=C(\NCCCCCc2noc(CC(C)(C)CC(=O)O)n2)CC1. The van der Waals surface area contributed by atoms with Crippen LogP contribution < -0.4 is 5.32 Å². The molecule has 0 aromatic carbocycles. The van der Waals surface area contributed by atoms with E-state index < -0.39 is 11.4 Å². The smallest absolute Gasteiger partial charge is 0.303 e. The van der Waals surface area contributed by atoms with Crippen LogP contribution in [0.1, 0.15) is 71.0 Å². The number of carbonyl (C=O) groups is 1. The van der Waals surface area contributed by atoms with Gasteiger partial charge < -0.3 is 14.9 Å². The van der Waals surface area contributed by atoms with Gasteiger partial charge in [0.1, 0.15) is 0 Å². The van der Waals surface area contributed by atoms with Gasteiger partial charge in [0.2, 0.25) is 5.89 Å². The number of nitrogens with one attached hydrogen (secondary N) is 1. The second kappa shape index (κ2) is 10.8. The minimum absolute atomic E-state index is 0.0831. The van der Waals surface area contributed by atoms with E-state index in [-0.39, 0.29) is 6.42 Å². The maximum atomic E-state index is 10.9. The third kappa shape index (κ3) is 8.55. The standard InChI is InChI=1S/C22H33N3O3/c1-17-9-6-7-10-18(13-12-17)23-14-8-4-5-11-19-24-20(28-25-19)15-22(2,3)16-21(26)27/h6-7,9-10,23H,4-5,8,11-16H2,1-3H3,(H,26,27)/b7-6-,17-9+,18-10+. The highest BCUT2D eigenvalue weighted by molar-refractivity contribution is 5.67. The summed E-state index contributed by atoms with van der Waals surface area (Å²) in [6.07, 6.45) is 15.3. The number of hydrogen-bond donors (Lipinski definition) is 2. The van der Waals surface area contributed by atoms with Crippen LogP contribution in [-0.2, 0) is 17.6 Å². The maximum Gasteiger partial charge on any atom is 0.303 e. The number of nitrogens with zero attached hydrogens (tertiary/aromatic N) is 2. The lowest BCUT2D eigenvalue weighted by Gasteiger charge is -2.19. The van der Waals surface area contributed by atoms with Crippen LogP contribution >= 0.6 is 0 Å². The van der Waals surface area contributed by atoms with E-state index in [2.05, 4.69) is 46.7 Å². The third-order valence-electron chi connectivity index (χ3n) is 4.78. The zero-order valence-corrected chi connectivity index (χ0v) is 17.3. The molecule has 0 aliphatic heterocycles. The van der Waals surface area contributed by atoms with Crippen LogP contribution in [0.15, 0.2) is 40.1 Å². The molecule has 1 aliphatic carbocycles. The predicted octanol–water partition coefficient (Wildman–Crippen LogP) is 4.60. The number of carboxylic acid groups (broad SMARTS) is 1. The van der Waals surface area contributed by atoms with E-state index in [0.717, 1.165) is 45.1 Å². The summed E-state index contributed by atoms with van der Waals surface area (Å²) in [4.78, 5) is 15.3. The quantitative estimate of drug-likeness (QED) is 0.540. The Hall–Kier alpha value is -2.37. The normalized spacial score (nSPS) is 19.7. The molecule has 1 aliphatic rings. The molecule has 0 saturated heterocycles. The van der Waals surface area contributed by atoms with E-state index in [1.807, 2.05) is 13.8 Å². The molecule has 1 heterocycles. The molecule has 0 saturated carbocycles. The highest BCUT2D eigenvalue weighted by atomic mass is 16.5. The van der Waals surface area contributed by atoms with Crippen LogP contribution in [0.4, 0.5) is 0 Å². The largest absolute Gasteiger partial charge is 0.481 e. The van der Waals surface area contributed by atoms with Crippen molar-refractivity contribution < 1.29 is 14.4 Å². The van der Waals surface area contributed by atoms with Crippen LogP contribution in [0, 0.1) is 5.41 Å². The number of carboxylic acids is 1. The van der Waals surface area contributed by atoms with Gasteiger partial charge in [-0.3, -0.25) is 4.79 Å². The Morgan fingerprint density at radius 3 is 2.79 bits per heavy atom. The lowest BCUT2D eigenvalue weighted by Crippen LogP contribution is -2.19. The summed E-state index contributed by atoms with van der Waals surface area (Å²) in [5.74, 6) is 0.428. The lowest BCUT2D eigenvalue weighted by atomic mass is 9.86. The maximum absolute atomic E-state index is 10.9. The van der Waals surface area contributed by atoms with Gasteiger partial charge in [0.25, 0.3) is 0 Å². The van der Waals surface area contributed by atoms with Crippen molar-refractivity contribution in [2.24, 2.45) is 5.41 Å². The van der Waals surface area contributed by atoms with Crippen LogP contribution in [0.3, 0.4) is 0 Å². The molecule has 0 atom stereocenters. The minimum atomic E-state index is -0.809. The van der Waals surface area contributed by atoms with Gasteiger partial charge in [-0.25, -0.2) is 0 Å². The van der Waals surface area contributed by atoms with Crippen molar-refractivity contribution in [3.63, 3.8) is 0 Å². The summed E-state index contributed by atoms with van der Waals surface area (Å²) < 4.78 is 5.29. The molecule has 0 radical (unpaired) electrons. The van der Waals surface area contributed by atoms with Gasteiger partial charge >= 0.3 is 5.97 Å². The molecule has 2 rings (SSSR count). The van der Waals surface area contributed by atoms with Crippen LogP contribution in [0.5, 0.6) is 0 Å². The Bertz CT molecular complexity index is 729. The van der Waals surface area contributed by atoms with E-state index in [9.17, 15) is 4.79 Å². The van der Waals surface area contributed by atoms with Crippen LogP contribution in [0.2, 0.25) is 0 Å². The zero-order chi connectivity index (χ0) is 20.4. The number of aliphatic carboxylic acids is 1. The lowest BCUT2D eigenvalue weighted by molar-refractivity contribution is -0.139. The molecule has 0 unspecified atom stereocenters. The average molecular weight is 388 g/mol. The van der Waals surface area contributed by atoms with Crippen molar-refractivity contribution in [3.8, 4) is 0 Å². The van der Waals surface area contributed by atoms with Crippen molar-refractivity contribution in [3.05, 3.63) is 47.3 Å². The van der Waals surface area contributed by atoms with E-state index in [1.165, 1.54) is 11.3 Å². The molecule has 0 spiro atoms. The first-order valence-corrected chi connectivity index (χ1v) is 10.1. The summed E-state index contributed by atoms with van der Waals surface area (Å²) in [5, 5.41) is 16.5. The third-order valence-corrected chi connectivity index (χ3v) is 4.78. The highest BCUT2D eigenvalue weighted by Crippen LogP contribution is 2.25. The molecular weight excluding hydrogens is 354 g/mol. The van der Waals surface area contributed by atoms with Crippen LogP contribution in [-0.4, -0.2) is 27.8 Å². The number of rotatable bonds is 11. The molecule has 1 aromatic heterocycles. The summed E-state index contributed by atoms with van der Waals surface area (Å²) >= 11 is 0. The fourth-order valence-corrected chi connectivity index (χ4v) is 3.22. The Balaban J connectivity index is 1.62. The molecular formula is C22H33N3O3. The van der Waals surface area contributed by atoms with E-state index in [1.54, 1.807) is 0 Å². The van der Waals surface area contributed by atoms with Gasteiger partial charge in [-0.1, -0.05) is 49.2 Å². The molecule has 6 heteroatoms. The van der Waals surface area contributed by atoms with Crippen molar-refractivity contribution >= 4 is 5.97 Å². The van der Waals surface area contributed by atoms with Crippen molar-refractivity contribution in [1.29, 1.82) is 0 Å². The summed E-state index contributed by atoms with van der Waals surface area (Å²) in [7, 11) is 0. The van der Waals surface area contributed by atoms with E-state index in [0.29, 0.717) is 18.1 Å². The molecule has 1 aromatic rings. The number of allylic oxidation sites excluding steroid dienone is 6. The highest BCUT2D eigenvalue weighted by Gasteiger charge is 2.25. The van der Waals surface area contributed by atoms with Gasteiger partial charge in [0.15, 0.2) is 5.82 Å². The Kier molecular flexibility index (Phi) is 8.48. The molecule has 0 bridgehead atoms. The zero-order valence-electron chi connectivity index (χ0n) is 17.3. The van der Waals surface area contributed by atoms with Crippen molar-refractivity contribution in [2.75, 3.05) is 6.54 Å². The predicted molar refractivity (Wildman–Crippen MR) is 110 cm³/mol. The monoisotopic (exact) mass is 387 g/mol. The van der Waals surface area contributed by atoms with Gasteiger partial charge in [-0.05, 0) is 44.1 Å². The Labute approximate surface area is 167 Å². The average Bonchev–Trinajstić information content (AvgIpc) is 3.01. The fourth-order valence-electron chi connectivity index (χ4n) is 3.22. The molecule has 28 heavy (non-hydrogen) atoms. The number of aromatic nitrogens is 2. The van der Waals surface area contributed by atoms with E-state index in [4.69, 9.17) is 9.63 Å². The molecule has 6 nitrogen and oxygen atoms in total. The summed E-state index contributed by atoms with van der Waals surface area (Å²) in [5.41, 5.74) is 2.32. The first-order chi connectivity index (χ1) is 13.3. The number of unbranched alkanes of at least 4 members (excludes halogenated alkanes) is 2. The van der Waals surface area contributed by atoms with Gasteiger partial charge in [-0.2, -0.15) is 4.98 Å². The molecule has 0 fully saturated rings. The Morgan fingerprint density at radius 2 is 2.00 bits per heavy atom. The second-order valence-corrected chi connectivity index (χ2v) is 8.34. The molecule has 154 valence electrons.